The highest BCUT2D eigenvalue weighted by Crippen LogP contribution is 2.11. The van der Waals surface area contributed by atoms with Crippen molar-refractivity contribution in [3.05, 3.63) is 0 Å². The van der Waals surface area contributed by atoms with E-state index in [0.717, 1.165) is 0 Å². The van der Waals surface area contributed by atoms with Gasteiger partial charge in [0.2, 0.25) is 5.91 Å². The lowest BCUT2D eigenvalue weighted by molar-refractivity contribution is -0.125. The van der Waals surface area contributed by atoms with Crippen LogP contribution in [0.15, 0.2) is 0 Å². The molecule has 1 rings (SSSR count). The predicted octanol–water partition coefficient (Wildman–Crippen LogP) is -1.54. The van der Waals surface area contributed by atoms with Crippen LogP contribution in [0.25, 0.3) is 0 Å². The number of nitrogens with one attached hydrogen (secondary N) is 1. The van der Waals surface area contributed by atoms with Gasteiger partial charge in [0.1, 0.15) is 0 Å². The molecule has 76 valence electrons. The third kappa shape index (κ3) is 2.95. The number of ether oxygens (including phenoxy) is 1. The van der Waals surface area contributed by atoms with Gasteiger partial charge in [0, 0.05) is 19.2 Å². The molecule has 0 spiro atoms. The molecule has 0 bridgehead atoms. The fourth-order valence-electron chi connectivity index (χ4n) is 1.26. The fraction of sp³-hybridized carbons (Fsp3) is 0.875. The molecule has 0 radical (unpaired) electrons. The normalized spacial score (nSPS) is 27.5. The molecule has 0 aromatic rings. The molecule has 5 nitrogen and oxygen atoms in total. The molecule has 4 N–H and O–H groups in total. The zero-order chi connectivity index (χ0) is 9.68. The quantitative estimate of drug-likeness (QED) is 0.467. The number of carbonyl (C=O) groups is 1. The predicted molar refractivity (Wildman–Crippen MR) is 47.0 cm³/mol. The molecule has 1 aliphatic rings. The van der Waals surface area contributed by atoms with Crippen LogP contribution in [0.2, 0.25) is 0 Å². The molecule has 5 heteroatoms. The monoisotopic (exact) mass is 188 g/mol. The summed E-state index contributed by atoms with van der Waals surface area (Å²) >= 11 is 0. The molecule has 13 heavy (non-hydrogen) atoms. The first-order chi connectivity index (χ1) is 6.25. The molecule has 1 fully saturated rings. The summed E-state index contributed by atoms with van der Waals surface area (Å²) < 4.78 is 5.06. The van der Waals surface area contributed by atoms with Crippen LogP contribution in [0.1, 0.15) is 6.42 Å². The first-order valence-electron chi connectivity index (χ1n) is 4.47. The van der Waals surface area contributed by atoms with Crippen LogP contribution >= 0.6 is 0 Å². The standard InChI is InChI=1S/C8H16N2O3/c9-7-5-13-4-6(7)8(12)10-2-1-3-11/h6-7,11H,1-5,9H2,(H,10,12). The maximum Gasteiger partial charge on any atom is 0.227 e. The molecule has 0 saturated carbocycles. The highest BCUT2D eigenvalue weighted by molar-refractivity contribution is 5.79. The maximum absolute atomic E-state index is 11.4. The van der Waals surface area contributed by atoms with Crippen molar-refractivity contribution in [2.45, 2.75) is 12.5 Å². The van der Waals surface area contributed by atoms with E-state index in [9.17, 15) is 4.79 Å². The van der Waals surface area contributed by atoms with Crippen LogP contribution in [0.4, 0.5) is 0 Å². The highest BCUT2D eigenvalue weighted by Gasteiger charge is 2.30. The van der Waals surface area contributed by atoms with E-state index in [1.54, 1.807) is 0 Å². The van der Waals surface area contributed by atoms with Gasteiger partial charge in [0.05, 0.1) is 19.1 Å². The van der Waals surface area contributed by atoms with Crippen molar-refractivity contribution in [2.24, 2.45) is 11.7 Å². The number of rotatable bonds is 4. The largest absolute Gasteiger partial charge is 0.396 e. The summed E-state index contributed by atoms with van der Waals surface area (Å²) in [6.45, 7) is 1.45. The van der Waals surface area contributed by atoms with E-state index >= 15 is 0 Å². The first-order valence-corrected chi connectivity index (χ1v) is 4.47. The van der Waals surface area contributed by atoms with Gasteiger partial charge in [-0.15, -0.1) is 0 Å². The Morgan fingerprint density at radius 2 is 2.38 bits per heavy atom. The molecule has 1 aliphatic heterocycles. The van der Waals surface area contributed by atoms with Gasteiger partial charge in [-0.25, -0.2) is 0 Å². The first kappa shape index (κ1) is 10.4. The van der Waals surface area contributed by atoms with Gasteiger partial charge < -0.3 is 20.9 Å². The number of hydrogen-bond acceptors (Lipinski definition) is 4. The lowest BCUT2D eigenvalue weighted by Gasteiger charge is -2.12. The summed E-state index contributed by atoms with van der Waals surface area (Å²) in [5, 5.41) is 11.2. The molecular weight excluding hydrogens is 172 g/mol. The van der Waals surface area contributed by atoms with E-state index in [0.29, 0.717) is 26.2 Å². The van der Waals surface area contributed by atoms with Crippen LogP contribution < -0.4 is 11.1 Å². The summed E-state index contributed by atoms with van der Waals surface area (Å²) in [6.07, 6.45) is 0.578. The maximum atomic E-state index is 11.4. The average Bonchev–Trinajstić information content (AvgIpc) is 2.52. The highest BCUT2D eigenvalue weighted by atomic mass is 16.5. The molecular formula is C8H16N2O3. The van der Waals surface area contributed by atoms with Crippen LogP contribution in [-0.2, 0) is 9.53 Å². The zero-order valence-electron chi connectivity index (χ0n) is 7.53. The van der Waals surface area contributed by atoms with Crippen molar-refractivity contribution in [3.8, 4) is 0 Å². The Balaban J connectivity index is 2.22. The summed E-state index contributed by atoms with van der Waals surface area (Å²) in [7, 11) is 0. The van der Waals surface area contributed by atoms with Gasteiger partial charge in [-0.1, -0.05) is 0 Å². The summed E-state index contributed by atoms with van der Waals surface area (Å²) in [6, 6.07) is -0.186. The van der Waals surface area contributed by atoms with Crippen molar-refractivity contribution in [3.63, 3.8) is 0 Å². The lowest BCUT2D eigenvalue weighted by atomic mass is 10.0. The smallest absolute Gasteiger partial charge is 0.227 e. The third-order valence-corrected chi connectivity index (χ3v) is 2.10. The third-order valence-electron chi connectivity index (χ3n) is 2.10. The van der Waals surface area contributed by atoms with E-state index < -0.39 is 0 Å². The Labute approximate surface area is 77.2 Å². The molecule has 1 heterocycles. The van der Waals surface area contributed by atoms with Gasteiger partial charge in [-0.2, -0.15) is 0 Å². The molecule has 2 atom stereocenters. The minimum Gasteiger partial charge on any atom is -0.396 e. The SMILES string of the molecule is NC1COCC1C(=O)NCCCO. The molecule has 0 aliphatic carbocycles. The molecule has 1 amide bonds. The number of amides is 1. The Bertz CT molecular complexity index is 175. The second-order valence-electron chi connectivity index (χ2n) is 3.18. The Morgan fingerprint density at radius 1 is 1.62 bits per heavy atom. The minimum absolute atomic E-state index is 0.0709. The number of aliphatic hydroxyl groups excluding tert-OH is 1. The van der Waals surface area contributed by atoms with Gasteiger partial charge in [0.25, 0.3) is 0 Å². The number of nitrogens with two attached hydrogens (primary N) is 1. The summed E-state index contributed by atoms with van der Waals surface area (Å²) in [5.74, 6) is -0.294. The van der Waals surface area contributed by atoms with Crippen LogP contribution in [0.5, 0.6) is 0 Å². The molecule has 2 unspecified atom stereocenters. The van der Waals surface area contributed by atoms with Gasteiger partial charge in [0.15, 0.2) is 0 Å². The number of hydrogen-bond donors (Lipinski definition) is 3. The second kappa shape index (κ2) is 5.16. The van der Waals surface area contributed by atoms with Crippen molar-refractivity contribution in [2.75, 3.05) is 26.4 Å². The number of carbonyl (C=O) groups excluding carboxylic acids is 1. The average molecular weight is 188 g/mol. The van der Waals surface area contributed by atoms with E-state index in [4.69, 9.17) is 15.6 Å². The van der Waals surface area contributed by atoms with Crippen LogP contribution in [0.3, 0.4) is 0 Å². The van der Waals surface area contributed by atoms with Gasteiger partial charge in [-0.05, 0) is 6.42 Å². The fourth-order valence-corrected chi connectivity index (χ4v) is 1.26. The van der Waals surface area contributed by atoms with Crippen molar-refractivity contribution in [1.29, 1.82) is 0 Å². The van der Waals surface area contributed by atoms with Crippen molar-refractivity contribution >= 4 is 5.91 Å². The summed E-state index contributed by atoms with van der Waals surface area (Å²) in [5.41, 5.74) is 5.65. The Hall–Kier alpha value is -0.650. The van der Waals surface area contributed by atoms with Crippen LogP contribution in [-0.4, -0.2) is 43.4 Å². The summed E-state index contributed by atoms with van der Waals surface area (Å²) in [4.78, 5) is 11.4. The second-order valence-corrected chi connectivity index (χ2v) is 3.18. The lowest BCUT2D eigenvalue weighted by Crippen LogP contribution is -2.41. The Morgan fingerprint density at radius 3 is 2.92 bits per heavy atom. The van der Waals surface area contributed by atoms with Gasteiger partial charge in [-0.3, -0.25) is 4.79 Å². The van der Waals surface area contributed by atoms with Crippen LogP contribution in [0, 0.1) is 5.92 Å². The minimum atomic E-state index is -0.223. The van der Waals surface area contributed by atoms with Crippen molar-refractivity contribution in [1.82, 2.24) is 5.32 Å². The molecule has 0 aromatic heterocycles. The van der Waals surface area contributed by atoms with E-state index in [2.05, 4.69) is 5.32 Å². The Kier molecular flexibility index (Phi) is 4.14. The van der Waals surface area contributed by atoms with E-state index in [-0.39, 0.29) is 24.5 Å². The van der Waals surface area contributed by atoms with E-state index in [1.165, 1.54) is 0 Å². The number of aliphatic hydroxyl groups is 1. The zero-order valence-corrected chi connectivity index (χ0v) is 7.53. The van der Waals surface area contributed by atoms with Gasteiger partial charge >= 0.3 is 0 Å². The molecule has 0 aromatic carbocycles. The molecule has 1 saturated heterocycles. The topological polar surface area (TPSA) is 84.6 Å². The van der Waals surface area contributed by atoms with E-state index in [1.807, 2.05) is 0 Å². The van der Waals surface area contributed by atoms with Crippen molar-refractivity contribution < 1.29 is 14.6 Å².